The monoisotopic (exact) mass is 264 g/mol. The zero-order valence-electron chi connectivity index (χ0n) is 11.2. The molecule has 2 rings (SSSR count). The number of aromatic nitrogens is 2. The van der Waals surface area contributed by atoms with Gasteiger partial charge in [0.05, 0.1) is 18.9 Å². The topological polar surface area (TPSA) is 81.3 Å². The Kier molecular flexibility index (Phi) is 4.54. The average Bonchev–Trinajstić information content (AvgIpc) is 2.39. The van der Waals surface area contributed by atoms with Gasteiger partial charge in [-0.05, 0) is 25.7 Å². The second kappa shape index (κ2) is 6.36. The van der Waals surface area contributed by atoms with Crippen molar-refractivity contribution in [3.8, 4) is 5.88 Å². The molecule has 0 radical (unpaired) electrons. The minimum Gasteiger partial charge on any atom is -0.473 e. The van der Waals surface area contributed by atoms with E-state index in [0.717, 1.165) is 12.8 Å². The van der Waals surface area contributed by atoms with Crippen LogP contribution in [0.5, 0.6) is 5.88 Å². The molecule has 104 valence electrons. The molecule has 0 atom stereocenters. The minimum atomic E-state index is -0.400. The lowest BCUT2D eigenvalue weighted by Crippen LogP contribution is -2.31. The molecule has 0 aliphatic heterocycles. The number of carbonyl (C=O) groups is 1. The lowest BCUT2D eigenvalue weighted by molar-refractivity contribution is -0.116. The summed E-state index contributed by atoms with van der Waals surface area (Å²) in [6, 6.07) is 0. The van der Waals surface area contributed by atoms with Crippen molar-refractivity contribution in [1.29, 1.82) is 0 Å². The van der Waals surface area contributed by atoms with Crippen molar-refractivity contribution in [1.82, 2.24) is 9.97 Å². The lowest BCUT2D eigenvalue weighted by atomic mass is 9.98. The fourth-order valence-corrected chi connectivity index (χ4v) is 2.25. The van der Waals surface area contributed by atoms with Crippen LogP contribution in [-0.2, 0) is 4.79 Å². The number of hydrogen-bond acceptors (Lipinski definition) is 5. The van der Waals surface area contributed by atoms with Gasteiger partial charge in [-0.15, -0.1) is 0 Å². The maximum atomic E-state index is 10.9. The van der Waals surface area contributed by atoms with Gasteiger partial charge in [0.2, 0.25) is 11.8 Å². The summed E-state index contributed by atoms with van der Waals surface area (Å²) in [6.07, 6.45) is 9.28. The van der Waals surface area contributed by atoms with E-state index >= 15 is 0 Å². The minimum absolute atomic E-state index is 0.113. The Labute approximate surface area is 113 Å². The molecule has 6 heteroatoms. The number of hydrogen-bond donors (Lipinski definition) is 1. The Morgan fingerprint density at radius 3 is 2.84 bits per heavy atom. The maximum absolute atomic E-state index is 10.9. The molecule has 6 nitrogen and oxygen atoms in total. The van der Waals surface area contributed by atoms with Gasteiger partial charge in [0.1, 0.15) is 6.10 Å². The summed E-state index contributed by atoms with van der Waals surface area (Å²) in [4.78, 5) is 21.0. The van der Waals surface area contributed by atoms with Crippen molar-refractivity contribution in [2.24, 2.45) is 5.73 Å². The number of anilines is 1. The van der Waals surface area contributed by atoms with Gasteiger partial charge in [-0.1, -0.05) is 6.42 Å². The Morgan fingerprint density at radius 1 is 1.42 bits per heavy atom. The zero-order chi connectivity index (χ0) is 13.7. The lowest BCUT2D eigenvalue weighted by Gasteiger charge is -2.23. The molecule has 19 heavy (non-hydrogen) atoms. The molecule has 1 fully saturated rings. The number of likely N-dealkylation sites (N-methyl/N-ethyl adjacent to an activating group) is 1. The van der Waals surface area contributed by atoms with Gasteiger partial charge in [-0.25, -0.2) is 0 Å². The van der Waals surface area contributed by atoms with Gasteiger partial charge in [0.25, 0.3) is 0 Å². The third kappa shape index (κ3) is 4.08. The molecule has 1 aromatic rings. The van der Waals surface area contributed by atoms with E-state index in [9.17, 15) is 4.79 Å². The predicted molar refractivity (Wildman–Crippen MR) is 72.0 cm³/mol. The van der Waals surface area contributed by atoms with Crippen molar-refractivity contribution >= 4 is 11.7 Å². The first-order valence-electron chi connectivity index (χ1n) is 6.63. The highest BCUT2D eigenvalue weighted by atomic mass is 16.5. The van der Waals surface area contributed by atoms with Gasteiger partial charge in [0, 0.05) is 7.05 Å². The van der Waals surface area contributed by atoms with Gasteiger partial charge in [-0.2, -0.15) is 4.98 Å². The largest absolute Gasteiger partial charge is 0.473 e. The summed E-state index contributed by atoms with van der Waals surface area (Å²) in [5.41, 5.74) is 5.16. The number of ether oxygens (including phenoxy) is 1. The van der Waals surface area contributed by atoms with E-state index in [4.69, 9.17) is 10.5 Å². The van der Waals surface area contributed by atoms with Crippen LogP contribution in [0.2, 0.25) is 0 Å². The third-order valence-electron chi connectivity index (χ3n) is 3.22. The first-order chi connectivity index (χ1) is 9.15. The number of rotatable bonds is 5. The van der Waals surface area contributed by atoms with Crippen LogP contribution in [0.3, 0.4) is 0 Å². The van der Waals surface area contributed by atoms with Gasteiger partial charge < -0.3 is 15.4 Å². The van der Waals surface area contributed by atoms with E-state index in [1.54, 1.807) is 24.3 Å². The molecule has 0 aromatic carbocycles. The van der Waals surface area contributed by atoms with Gasteiger partial charge in [-0.3, -0.25) is 9.78 Å². The van der Waals surface area contributed by atoms with Crippen LogP contribution >= 0.6 is 0 Å². The molecule has 1 amide bonds. The Morgan fingerprint density at radius 2 is 2.16 bits per heavy atom. The molecule has 1 aromatic heterocycles. The van der Waals surface area contributed by atoms with Crippen molar-refractivity contribution < 1.29 is 9.53 Å². The summed E-state index contributed by atoms with van der Waals surface area (Å²) in [7, 11) is 1.75. The maximum Gasteiger partial charge on any atom is 0.236 e. The van der Waals surface area contributed by atoms with Crippen LogP contribution in [0.1, 0.15) is 32.1 Å². The smallest absolute Gasteiger partial charge is 0.236 e. The highest BCUT2D eigenvalue weighted by Crippen LogP contribution is 2.22. The highest BCUT2D eigenvalue weighted by Gasteiger charge is 2.16. The van der Waals surface area contributed by atoms with E-state index in [2.05, 4.69) is 9.97 Å². The number of primary amides is 1. The molecule has 0 spiro atoms. The van der Waals surface area contributed by atoms with Crippen LogP contribution < -0.4 is 15.4 Å². The first kappa shape index (κ1) is 13.6. The molecule has 1 aliphatic carbocycles. The molecule has 1 aliphatic rings. The second-order valence-electron chi connectivity index (χ2n) is 4.92. The summed E-state index contributed by atoms with van der Waals surface area (Å²) in [5.74, 6) is 0.704. The van der Waals surface area contributed by atoms with Gasteiger partial charge in [0.15, 0.2) is 5.82 Å². The molecule has 2 N–H and O–H groups in total. The third-order valence-corrected chi connectivity index (χ3v) is 3.22. The normalized spacial score (nSPS) is 16.1. The highest BCUT2D eigenvalue weighted by molar-refractivity contribution is 5.78. The molecule has 1 saturated carbocycles. The molecule has 0 unspecified atom stereocenters. The molecule has 0 saturated heterocycles. The van der Waals surface area contributed by atoms with Gasteiger partial charge >= 0.3 is 0 Å². The van der Waals surface area contributed by atoms with E-state index in [-0.39, 0.29) is 12.6 Å². The fourth-order valence-electron chi connectivity index (χ4n) is 2.25. The SMILES string of the molecule is CN(CC(N)=O)c1cncc(OC2CCCCC2)n1. The van der Waals surface area contributed by atoms with Crippen molar-refractivity contribution in [2.75, 3.05) is 18.5 Å². The fraction of sp³-hybridized carbons (Fsp3) is 0.615. The number of carbonyl (C=O) groups excluding carboxylic acids is 1. The van der Waals surface area contributed by atoms with Crippen molar-refractivity contribution in [2.45, 2.75) is 38.2 Å². The summed E-state index contributed by atoms with van der Waals surface area (Å²) >= 11 is 0. The van der Waals surface area contributed by atoms with Crippen molar-refractivity contribution in [3.63, 3.8) is 0 Å². The number of nitrogens with two attached hydrogens (primary N) is 1. The Hall–Kier alpha value is -1.85. The molecular weight excluding hydrogens is 244 g/mol. The zero-order valence-corrected chi connectivity index (χ0v) is 11.2. The average molecular weight is 264 g/mol. The first-order valence-corrected chi connectivity index (χ1v) is 6.63. The summed E-state index contributed by atoms with van der Waals surface area (Å²) < 4.78 is 5.83. The molecule has 0 bridgehead atoms. The van der Waals surface area contributed by atoms with Crippen LogP contribution in [0, 0.1) is 0 Å². The van der Waals surface area contributed by atoms with Crippen LogP contribution in [0.4, 0.5) is 5.82 Å². The van der Waals surface area contributed by atoms with Crippen LogP contribution in [0.15, 0.2) is 12.4 Å². The summed E-state index contributed by atoms with van der Waals surface area (Å²) in [5, 5.41) is 0. The predicted octanol–water partition coefficient (Wildman–Crippen LogP) is 1.11. The quantitative estimate of drug-likeness (QED) is 0.861. The van der Waals surface area contributed by atoms with Crippen LogP contribution in [0.25, 0.3) is 0 Å². The van der Waals surface area contributed by atoms with E-state index < -0.39 is 5.91 Å². The van der Waals surface area contributed by atoms with Crippen molar-refractivity contribution in [3.05, 3.63) is 12.4 Å². The van der Waals surface area contributed by atoms with E-state index in [1.807, 2.05) is 0 Å². The molecular formula is C13H20N4O2. The Balaban J connectivity index is 1.99. The summed E-state index contributed by atoms with van der Waals surface area (Å²) in [6.45, 7) is 0.113. The van der Waals surface area contributed by atoms with Crippen LogP contribution in [-0.4, -0.2) is 35.6 Å². The number of amides is 1. The standard InChI is InChI=1S/C13H20N4O2/c1-17(9-11(14)18)12-7-15-8-13(16-12)19-10-5-3-2-4-6-10/h7-8,10H,2-6,9H2,1H3,(H2,14,18). The number of nitrogens with zero attached hydrogens (tertiary/aromatic N) is 3. The van der Waals surface area contributed by atoms with E-state index in [1.165, 1.54) is 19.3 Å². The van der Waals surface area contributed by atoms with E-state index in [0.29, 0.717) is 11.7 Å². The Bertz CT molecular complexity index is 432. The molecule has 1 heterocycles. The second-order valence-corrected chi connectivity index (χ2v) is 4.92.